The lowest BCUT2D eigenvalue weighted by Gasteiger charge is -2.21. The molecule has 0 rings (SSSR count). The van der Waals surface area contributed by atoms with E-state index in [1.165, 1.54) is 0 Å². The number of hydrogen-bond acceptors (Lipinski definition) is 4. The first-order valence-corrected chi connectivity index (χ1v) is 6.03. The average Bonchev–Trinajstić information content (AvgIpc) is 1.98. The summed E-state index contributed by atoms with van der Waals surface area (Å²) in [5.74, 6) is -3.18. The number of nitrogens with one attached hydrogen (secondary N) is 1. The Balaban J connectivity index is 4.73. The summed E-state index contributed by atoms with van der Waals surface area (Å²) in [5, 5.41) is 10.7. The van der Waals surface area contributed by atoms with Crippen molar-refractivity contribution >= 4 is 22.0 Å². The quantitative estimate of drug-likeness (QED) is 0.580. The number of carboxylic acid groups (broad SMARTS) is 1. The molecule has 0 spiro atoms. The average molecular weight is 253 g/mol. The molecule has 0 fully saturated rings. The number of carbonyl (C=O) groups excluding carboxylic acids is 1. The lowest BCUT2D eigenvalue weighted by molar-refractivity contribution is -0.142. The Morgan fingerprint density at radius 3 is 2.00 bits per heavy atom. The maximum Gasteiger partial charge on any atom is 0.327 e. The van der Waals surface area contributed by atoms with Gasteiger partial charge in [0.2, 0.25) is 5.91 Å². The van der Waals surface area contributed by atoms with E-state index in [2.05, 4.69) is 0 Å². The van der Waals surface area contributed by atoms with E-state index in [9.17, 15) is 18.0 Å². The van der Waals surface area contributed by atoms with Crippen LogP contribution in [-0.4, -0.2) is 41.7 Å². The predicted octanol–water partition coefficient (Wildman–Crippen LogP) is -0.510. The van der Waals surface area contributed by atoms with Crippen molar-refractivity contribution in [2.24, 2.45) is 5.41 Å². The first-order valence-electron chi connectivity index (χ1n) is 4.42. The zero-order chi connectivity index (χ0) is 13.1. The van der Waals surface area contributed by atoms with Crippen LogP contribution in [0.4, 0.5) is 0 Å². The van der Waals surface area contributed by atoms with Crippen molar-refractivity contribution < 1.29 is 27.7 Å². The van der Waals surface area contributed by atoms with Crippen molar-refractivity contribution in [1.82, 2.24) is 5.32 Å². The summed E-state index contributed by atoms with van der Waals surface area (Å²) in [6, 6.07) is -1.65. The zero-order valence-corrected chi connectivity index (χ0v) is 10.0. The third-order valence-electron chi connectivity index (χ3n) is 1.66. The van der Waals surface area contributed by atoms with Crippen LogP contribution in [0.25, 0.3) is 0 Å². The SMILES string of the molecule is CC(C)(C)C(=O)NC(CS(=O)(=O)O)C(=O)O. The highest BCUT2D eigenvalue weighted by molar-refractivity contribution is 7.85. The maximum absolute atomic E-state index is 11.4. The molecule has 16 heavy (non-hydrogen) atoms. The summed E-state index contributed by atoms with van der Waals surface area (Å²) in [6.07, 6.45) is 0. The van der Waals surface area contributed by atoms with Gasteiger partial charge in [-0.3, -0.25) is 9.35 Å². The highest BCUT2D eigenvalue weighted by atomic mass is 32.2. The molecule has 0 aromatic carbocycles. The van der Waals surface area contributed by atoms with Crippen molar-refractivity contribution in [3.63, 3.8) is 0 Å². The molecule has 0 saturated heterocycles. The van der Waals surface area contributed by atoms with Crippen molar-refractivity contribution in [2.45, 2.75) is 26.8 Å². The maximum atomic E-state index is 11.4. The molecule has 0 heterocycles. The molecule has 7 nitrogen and oxygen atoms in total. The summed E-state index contributed by atoms with van der Waals surface area (Å²) < 4.78 is 29.5. The number of carbonyl (C=O) groups is 2. The van der Waals surface area contributed by atoms with Crippen LogP contribution < -0.4 is 5.32 Å². The first kappa shape index (κ1) is 14.8. The van der Waals surface area contributed by atoms with E-state index in [0.717, 1.165) is 0 Å². The van der Waals surface area contributed by atoms with Crippen LogP contribution in [0.2, 0.25) is 0 Å². The van der Waals surface area contributed by atoms with Crippen molar-refractivity contribution in [3.05, 3.63) is 0 Å². The van der Waals surface area contributed by atoms with Gasteiger partial charge in [-0.1, -0.05) is 20.8 Å². The number of amides is 1. The van der Waals surface area contributed by atoms with Gasteiger partial charge in [-0.05, 0) is 0 Å². The van der Waals surface area contributed by atoms with E-state index in [1.807, 2.05) is 5.32 Å². The molecular formula is C8H15NO6S. The molecule has 94 valence electrons. The van der Waals surface area contributed by atoms with Gasteiger partial charge < -0.3 is 10.4 Å². The molecule has 0 aromatic rings. The second kappa shape index (κ2) is 4.79. The Kier molecular flexibility index (Phi) is 4.45. The molecule has 0 bridgehead atoms. The van der Waals surface area contributed by atoms with E-state index in [-0.39, 0.29) is 0 Å². The lowest BCUT2D eigenvalue weighted by atomic mass is 9.95. The fraction of sp³-hybridized carbons (Fsp3) is 0.750. The summed E-state index contributed by atoms with van der Waals surface area (Å²) in [6.45, 7) is 4.65. The van der Waals surface area contributed by atoms with Gasteiger partial charge in [-0.25, -0.2) is 4.79 Å². The molecule has 0 aromatic heterocycles. The van der Waals surface area contributed by atoms with Crippen molar-refractivity contribution in [2.75, 3.05) is 5.75 Å². The Bertz CT molecular complexity index is 380. The van der Waals surface area contributed by atoms with Gasteiger partial charge in [-0.15, -0.1) is 0 Å². The number of rotatable bonds is 4. The fourth-order valence-electron chi connectivity index (χ4n) is 0.760. The number of aliphatic carboxylic acids is 1. The van der Waals surface area contributed by atoms with Crippen LogP contribution in [0, 0.1) is 5.41 Å². The molecule has 1 atom stereocenters. The van der Waals surface area contributed by atoms with Crippen LogP contribution in [0.3, 0.4) is 0 Å². The molecule has 3 N–H and O–H groups in total. The van der Waals surface area contributed by atoms with Crippen molar-refractivity contribution in [1.29, 1.82) is 0 Å². The smallest absolute Gasteiger partial charge is 0.327 e. The van der Waals surface area contributed by atoms with E-state index in [4.69, 9.17) is 9.66 Å². The lowest BCUT2D eigenvalue weighted by Crippen LogP contribution is -2.49. The van der Waals surface area contributed by atoms with Crippen molar-refractivity contribution in [3.8, 4) is 0 Å². The van der Waals surface area contributed by atoms with Crippen LogP contribution >= 0.6 is 0 Å². The van der Waals surface area contributed by atoms with Gasteiger partial charge in [0, 0.05) is 5.41 Å². The van der Waals surface area contributed by atoms with Crippen LogP contribution in [0.15, 0.2) is 0 Å². The summed E-state index contributed by atoms with van der Waals surface area (Å²) in [4.78, 5) is 22.1. The van der Waals surface area contributed by atoms with E-state index in [0.29, 0.717) is 0 Å². The van der Waals surface area contributed by atoms with E-state index < -0.39 is 39.2 Å². The molecule has 0 saturated carbocycles. The first-order chi connectivity index (χ1) is 6.93. The molecular weight excluding hydrogens is 238 g/mol. The Morgan fingerprint density at radius 2 is 1.75 bits per heavy atom. The fourth-order valence-corrected chi connectivity index (χ4v) is 1.41. The van der Waals surface area contributed by atoms with E-state index >= 15 is 0 Å². The minimum atomic E-state index is -4.46. The number of carboxylic acids is 1. The summed E-state index contributed by atoms with van der Waals surface area (Å²) in [7, 11) is -4.46. The standard InChI is InChI=1S/C8H15NO6S/c1-8(2,3)7(12)9-5(6(10)11)4-16(13,14)15/h5H,4H2,1-3H3,(H,9,12)(H,10,11)(H,13,14,15). The highest BCUT2D eigenvalue weighted by Crippen LogP contribution is 2.13. The molecule has 1 unspecified atom stereocenters. The molecule has 0 aliphatic carbocycles. The molecule has 0 aliphatic rings. The minimum Gasteiger partial charge on any atom is -0.480 e. The van der Waals surface area contributed by atoms with Crippen LogP contribution in [-0.2, 0) is 19.7 Å². The second-order valence-electron chi connectivity index (χ2n) is 4.36. The van der Waals surface area contributed by atoms with Gasteiger partial charge in [0.25, 0.3) is 10.1 Å². The van der Waals surface area contributed by atoms with Gasteiger partial charge in [0.1, 0.15) is 11.8 Å². The Labute approximate surface area is 93.6 Å². The van der Waals surface area contributed by atoms with Gasteiger partial charge in [0.05, 0.1) is 0 Å². The minimum absolute atomic E-state index is 0.608. The molecule has 0 radical (unpaired) electrons. The van der Waals surface area contributed by atoms with Gasteiger partial charge >= 0.3 is 5.97 Å². The second-order valence-corrected chi connectivity index (χ2v) is 5.86. The normalized spacial score (nSPS) is 14.2. The van der Waals surface area contributed by atoms with E-state index in [1.54, 1.807) is 20.8 Å². The molecule has 0 aliphatic heterocycles. The Morgan fingerprint density at radius 1 is 1.31 bits per heavy atom. The van der Waals surface area contributed by atoms with Gasteiger partial charge in [0.15, 0.2) is 0 Å². The largest absolute Gasteiger partial charge is 0.480 e. The summed E-state index contributed by atoms with van der Waals surface area (Å²) in [5.41, 5.74) is -0.840. The molecule has 8 heteroatoms. The predicted molar refractivity (Wildman–Crippen MR) is 55.4 cm³/mol. The topological polar surface area (TPSA) is 121 Å². The zero-order valence-electron chi connectivity index (χ0n) is 9.22. The Hall–Kier alpha value is -1.15. The monoisotopic (exact) mass is 253 g/mol. The third kappa shape index (κ3) is 5.66. The van der Waals surface area contributed by atoms with Crippen LogP contribution in [0.1, 0.15) is 20.8 Å². The van der Waals surface area contributed by atoms with Gasteiger partial charge in [-0.2, -0.15) is 8.42 Å². The summed E-state index contributed by atoms with van der Waals surface area (Å²) >= 11 is 0. The van der Waals surface area contributed by atoms with Crippen LogP contribution in [0.5, 0.6) is 0 Å². The molecule has 1 amide bonds. The highest BCUT2D eigenvalue weighted by Gasteiger charge is 2.30. The number of hydrogen-bond donors (Lipinski definition) is 3. The third-order valence-corrected chi connectivity index (χ3v) is 2.42.